The van der Waals surface area contributed by atoms with Gasteiger partial charge in [0.2, 0.25) is 0 Å². The molecule has 0 radical (unpaired) electrons. The summed E-state index contributed by atoms with van der Waals surface area (Å²) < 4.78 is 0. The first kappa shape index (κ1) is 20.8. The number of carbonyl (C=O) groups is 1. The van der Waals surface area contributed by atoms with Crippen molar-refractivity contribution in [2.75, 3.05) is 20.1 Å². The molecule has 0 unspecified atom stereocenters. The highest BCUT2D eigenvalue weighted by Crippen LogP contribution is 2.58. The molecule has 0 saturated heterocycles. The van der Waals surface area contributed by atoms with Crippen molar-refractivity contribution in [1.82, 2.24) is 4.90 Å². The Morgan fingerprint density at radius 3 is 2.76 bits per heavy atom. The molecule has 3 aliphatic rings. The van der Waals surface area contributed by atoms with Gasteiger partial charge in [-0.1, -0.05) is 25.2 Å². The van der Waals surface area contributed by atoms with Gasteiger partial charge in [0.25, 0.3) is 0 Å². The molecule has 0 bridgehead atoms. The molecular formula is C23H32N2O3S. The smallest absolute Gasteiger partial charge is 0.134 e. The zero-order chi connectivity index (χ0) is 21.0. The van der Waals surface area contributed by atoms with Crippen molar-refractivity contribution in [3.05, 3.63) is 28.8 Å². The van der Waals surface area contributed by atoms with E-state index in [-0.39, 0.29) is 28.9 Å². The maximum absolute atomic E-state index is 12.7. The summed E-state index contributed by atoms with van der Waals surface area (Å²) in [5.74, 6) is 0.989. The van der Waals surface area contributed by atoms with E-state index in [4.69, 9.17) is 18.0 Å². The number of phenolic OH excluding ortho intramolecular Hbond substituents is 1. The van der Waals surface area contributed by atoms with E-state index in [0.29, 0.717) is 36.8 Å². The van der Waals surface area contributed by atoms with Crippen LogP contribution in [0.5, 0.6) is 5.75 Å². The predicted molar refractivity (Wildman–Crippen MR) is 117 cm³/mol. The molecule has 0 aromatic heterocycles. The minimum Gasteiger partial charge on any atom is -0.507 e. The molecule has 5 nitrogen and oxygen atoms in total. The minimum atomic E-state index is -1.03. The number of nitrogens with two attached hydrogens (primary N) is 1. The first-order valence-corrected chi connectivity index (χ1v) is 11.2. The monoisotopic (exact) mass is 416 g/mol. The Bertz CT molecular complexity index is 853. The van der Waals surface area contributed by atoms with Crippen LogP contribution in [0, 0.1) is 11.8 Å². The Balaban J connectivity index is 1.82. The van der Waals surface area contributed by atoms with E-state index < -0.39 is 11.0 Å². The number of aliphatic hydroxyl groups is 1. The van der Waals surface area contributed by atoms with E-state index >= 15 is 0 Å². The van der Waals surface area contributed by atoms with Crippen LogP contribution in [0.4, 0.5) is 0 Å². The Labute approximate surface area is 178 Å². The second-order valence-corrected chi connectivity index (χ2v) is 10.1. The lowest BCUT2D eigenvalue weighted by molar-refractivity contribution is -0.148. The molecule has 29 heavy (non-hydrogen) atoms. The van der Waals surface area contributed by atoms with Crippen LogP contribution in [0.15, 0.2) is 12.1 Å². The first-order chi connectivity index (χ1) is 13.7. The summed E-state index contributed by atoms with van der Waals surface area (Å²) in [6.45, 7) is 3.89. The normalized spacial score (nSPS) is 31.4. The average molecular weight is 417 g/mol. The fraction of sp³-hybridized carbons (Fsp3) is 0.652. The van der Waals surface area contributed by atoms with Gasteiger partial charge in [-0.3, -0.25) is 4.79 Å². The molecule has 2 saturated carbocycles. The Morgan fingerprint density at radius 2 is 2.10 bits per heavy atom. The average Bonchev–Trinajstić information content (AvgIpc) is 3.46. The number of thiocarbonyl (C=S) groups is 1. The van der Waals surface area contributed by atoms with Gasteiger partial charge in [-0.25, -0.2) is 0 Å². The standard InChI is InChI=1S/C23H32N2O3S/c1-14-11-16-5-6-18(21(24)29)20(27)19(16)22(9-10-25(2)13-15-3-4-15)12-17(26)7-8-23(14,22)28/h5-6,14-15,27-28H,3-4,7-13H2,1-2H3,(H2,24,29)/t14-,22-,23-/m1/s1. The van der Waals surface area contributed by atoms with Crippen molar-refractivity contribution in [2.45, 2.75) is 62.9 Å². The number of hydrogen-bond donors (Lipinski definition) is 3. The Kier molecular flexibility index (Phi) is 5.24. The molecule has 4 rings (SSSR count). The fourth-order valence-corrected chi connectivity index (χ4v) is 6.01. The van der Waals surface area contributed by atoms with Crippen molar-refractivity contribution in [1.29, 1.82) is 0 Å². The second kappa shape index (κ2) is 7.33. The van der Waals surface area contributed by atoms with Crippen molar-refractivity contribution in [3.63, 3.8) is 0 Å². The summed E-state index contributed by atoms with van der Waals surface area (Å²) in [5.41, 5.74) is 6.16. The van der Waals surface area contributed by atoms with Gasteiger partial charge in [-0.05, 0) is 69.2 Å². The van der Waals surface area contributed by atoms with E-state index in [2.05, 4.69) is 18.9 Å². The van der Waals surface area contributed by atoms with Crippen LogP contribution in [0.2, 0.25) is 0 Å². The fourth-order valence-electron chi connectivity index (χ4n) is 5.85. The van der Waals surface area contributed by atoms with E-state index in [1.54, 1.807) is 6.07 Å². The summed E-state index contributed by atoms with van der Waals surface area (Å²) in [7, 11) is 2.11. The number of benzene rings is 1. The molecule has 1 aromatic carbocycles. The molecule has 0 spiro atoms. The highest BCUT2D eigenvalue weighted by molar-refractivity contribution is 7.80. The Hall–Kier alpha value is -1.50. The van der Waals surface area contributed by atoms with Crippen molar-refractivity contribution < 1.29 is 15.0 Å². The summed E-state index contributed by atoms with van der Waals surface area (Å²) >= 11 is 5.15. The molecule has 4 N–H and O–H groups in total. The molecule has 6 heteroatoms. The van der Waals surface area contributed by atoms with Crippen LogP contribution in [0.3, 0.4) is 0 Å². The molecule has 3 atom stereocenters. The van der Waals surface area contributed by atoms with Gasteiger partial charge in [0, 0.05) is 30.4 Å². The van der Waals surface area contributed by atoms with Crippen LogP contribution in [0.1, 0.15) is 62.1 Å². The van der Waals surface area contributed by atoms with Crippen molar-refractivity contribution in [3.8, 4) is 5.75 Å². The number of aromatic hydroxyl groups is 1. The SMILES string of the molecule is C[C@@H]1Cc2ccc(C(N)=S)c(O)c2[C@@]2(CCN(C)CC3CC3)CC(=O)CC[C@@]12O. The van der Waals surface area contributed by atoms with E-state index in [0.717, 1.165) is 24.6 Å². The number of fused-ring (bicyclic) bond motifs is 3. The number of hydrogen-bond acceptors (Lipinski definition) is 5. The van der Waals surface area contributed by atoms with Crippen molar-refractivity contribution >= 4 is 23.0 Å². The molecule has 0 aliphatic heterocycles. The van der Waals surface area contributed by atoms with Gasteiger partial charge in [0.15, 0.2) is 0 Å². The summed E-state index contributed by atoms with van der Waals surface area (Å²) in [4.78, 5) is 15.1. The molecule has 0 amide bonds. The second-order valence-electron chi connectivity index (χ2n) is 9.64. The van der Waals surface area contributed by atoms with Gasteiger partial charge >= 0.3 is 0 Å². The van der Waals surface area contributed by atoms with Gasteiger partial charge in [-0.2, -0.15) is 0 Å². The van der Waals surface area contributed by atoms with Crippen LogP contribution < -0.4 is 5.73 Å². The highest BCUT2D eigenvalue weighted by atomic mass is 32.1. The lowest BCUT2D eigenvalue weighted by atomic mass is 9.49. The number of ketones is 1. The van der Waals surface area contributed by atoms with E-state index in [1.807, 2.05) is 6.07 Å². The van der Waals surface area contributed by atoms with Crippen LogP contribution >= 0.6 is 12.2 Å². The van der Waals surface area contributed by atoms with Gasteiger partial charge < -0.3 is 20.8 Å². The summed E-state index contributed by atoms with van der Waals surface area (Å²) in [5, 5.41) is 23.2. The third kappa shape index (κ3) is 3.39. The zero-order valence-electron chi connectivity index (χ0n) is 17.4. The summed E-state index contributed by atoms with van der Waals surface area (Å²) in [6.07, 6.45) is 4.97. The number of rotatable bonds is 6. The minimum absolute atomic E-state index is 0.00640. The topological polar surface area (TPSA) is 86.8 Å². The predicted octanol–water partition coefficient (Wildman–Crippen LogP) is 2.67. The largest absolute Gasteiger partial charge is 0.507 e. The number of nitrogens with zero attached hydrogens (tertiary/aromatic N) is 1. The quantitative estimate of drug-likeness (QED) is 0.618. The molecule has 3 aliphatic carbocycles. The van der Waals surface area contributed by atoms with Gasteiger partial charge in [-0.15, -0.1) is 0 Å². The highest BCUT2D eigenvalue weighted by Gasteiger charge is 2.61. The maximum atomic E-state index is 12.7. The molecule has 158 valence electrons. The number of Topliss-reactive ketones (excluding diaryl/α,β-unsaturated/α-hetero) is 1. The van der Waals surface area contributed by atoms with Crippen LogP contribution in [-0.2, 0) is 16.6 Å². The third-order valence-electron chi connectivity index (χ3n) is 7.65. The number of carbonyl (C=O) groups excluding carboxylic acids is 1. The molecule has 1 aromatic rings. The van der Waals surface area contributed by atoms with Crippen molar-refractivity contribution in [2.24, 2.45) is 17.6 Å². The van der Waals surface area contributed by atoms with Gasteiger partial charge in [0.1, 0.15) is 16.5 Å². The Morgan fingerprint density at radius 1 is 1.38 bits per heavy atom. The molecule has 2 fully saturated rings. The lowest BCUT2D eigenvalue weighted by Gasteiger charge is -2.57. The first-order valence-electron chi connectivity index (χ1n) is 10.8. The van der Waals surface area contributed by atoms with E-state index in [9.17, 15) is 15.0 Å². The summed E-state index contributed by atoms with van der Waals surface area (Å²) in [6, 6.07) is 3.74. The van der Waals surface area contributed by atoms with Gasteiger partial charge in [0.05, 0.1) is 11.2 Å². The maximum Gasteiger partial charge on any atom is 0.134 e. The van der Waals surface area contributed by atoms with Crippen LogP contribution in [-0.4, -0.2) is 51.6 Å². The zero-order valence-corrected chi connectivity index (χ0v) is 18.2. The molecular weight excluding hydrogens is 384 g/mol. The van der Waals surface area contributed by atoms with Crippen LogP contribution in [0.25, 0.3) is 0 Å². The molecule has 0 heterocycles. The third-order valence-corrected chi connectivity index (χ3v) is 7.87. The lowest BCUT2D eigenvalue weighted by Crippen LogP contribution is -2.63. The number of phenols is 1. The van der Waals surface area contributed by atoms with E-state index in [1.165, 1.54) is 12.8 Å².